The molecule has 1 N–H and O–H groups in total. The highest BCUT2D eigenvalue weighted by Gasteiger charge is 2.29. The number of hydrogen-bond acceptors (Lipinski definition) is 5. The van der Waals surface area contributed by atoms with Gasteiger partial charge in [0.25, 0.3) is 21.6 Å². The Balaban J connectivity index is 1.64. The fraction of sp³-hybridized carbons (Fsp3) is 0.136. The van der Waals surface area contributed by atoms with Crippen LogP contribution in [0, 0.1) is 15.9 Å². The molecule has 1 heterocycles. The molecule has 32 heavy (non-hydrogen) atoms. The number of aryl methyl sites for hydroxylation is 1. The molecule has 0 bridgehead atoms. The van der Waals surface area contributed by atoms with Crippen LogP contribution in [-0.4, -0.2) is 25.8 Å². The molecule has 1 aliphatic rings. The zero-order valence-corrected chi connectivity index (χ0v) is 17.5. The molecule has 0 radical (unpaired) electrons. The van der Waals surface area contributed by atoms with Gasteiger partial charge in [-0.3, -0.25) is 19.2 Å². The summed E-state index contributed by atoms with van der Waals surface area (Å²) in [4.78, 5) is 22.9. The van der Waals surface area contributed by atoms with E-state index in [4.69, 9.17) is 0 Å². The second-order valence-electron chi connectivity index (χ2n) is 7.24. The number of non-ortho nitro benzene ring substituents is 1. The third-order valence-electron chi connectivity index (χ3n) is 5.14. The molecular weight excluding hydrogens is 437 g/mol. The van der Waals surface area contributed by atoms with Crippen molar-refractivity contribution in [1.29, 1.82) is 0 Å². The standard InChI is InChI=1S/C22H18FN3O5S/c23-17-7-10-20(11-8-17)32(30,31)25-12-2-4-15-6-9-18(14-21(15)25)24-22(27)16-3-1-5-19(13-16)26(28)29/h1,3,5-11,13-14H,2,4,12H2,(H,24,27). The van der Waals surface area contributed by atoms with Gasteiger partial charge in [-0.1, -0.05) is 12.1 Å². The van der Waals surface area contributed by atoms with Crippen LogP contribution in [0.4, 0.5) is 21.5 Å². The molecule has 3 aromatic rings. The van der Waals surface area contributed by atoms with E-state index in [1.165, 1.54) is 40.7 Å². The van der Waals surface area contributed by atoms with Crippen LogP contribution in [0.1, 0.15) is 22.3 Å². The summed E-state index contributed by atoms with van der Waals surface area (Å²) in [5.74, 6) is -1.09. The van der Waals surface area contributed by atoms with E-state index in [1.54, 1.807) is 18.2 Å². The van der Waals surface area contributed by atoms with E-state index in [2.05, 4.69) is 5.32 Å². The molecule has 164 valence electrons. The van der Waals surface area contributed by atoms with Gasteiger partial charge in [0.1, 0.15) is 5.82 Å². The maximum Gasteiger partial charge on any atom is 0.270 e. The number of benzene rings is 3. The second-order valence-corrected chi connectivity index (χ2v) is 9.10. The van der Waals surface area contributed by atoms with Gasteiger partial charge in [0, 0.05) is 29.9 Å². The van der Waals surface area contributed by atoms with E-state index < -0.39 is 26.7 Å². The van der Waals surface area contributed by atoms with Gasteiger partial charge >= 0.3 is 0 Å². The molecule has 0 atom stereocenters. The molecule has 0 aromatic heterocycles. The van der Waals surface area contributed by atoms with E-state index in [0.717, 1.165) is 17.7 Å². The smallest absolute Gasteiger partial charge is 0.270 e. The molecule has 0 fully saturated rings. The molecular formula is C22H18FN3O5S. The van der Waals surface area contributed by atoms with Crippen molar-refractivity contribution in [2.75, 3.05) is 16.2 Å². The van der Waals surface area contributed by atoms with Crippen molar-refractivity contribution in [1.82, 2.24) is 0 Å². The van der Waals surface area contributed by atoms with Crippen molar-refractivity contribution in [2.24, 2.45) is 0 Å². The number of carbonyl (C=O) groups is 1. The lowest BCUT2D eigenvalue weighted by Gasteiger charge is -2.31. The van der Waals surface area contributed by atoms with Crippen LogP contribution in [0.5, 0.6) is 0 Å². The Morgan fingerprint density at radius 1 is 1.06 bits per heavy atom. The Hall–Kier alpha value is -3.79. The topological polar surface area (TPSA) is 110 Å². The Morgan fingerprint density at radius 2 is 1.81 bits per heavy atom. The summed E-state index contributed by atoms with van der Waals surface area (Å²) in [5, 5.41) is 13.6. The molecule has 10 heteroatoms. The molecule has 4 rings (SSSR count). The van der Waals surface area contributed by atoms with Gasteiger partial charge in [-0.2, -0.15) is 0 Å². The highest BCUT2D eigenvalue weighted by atomic mass is 32.2. The van der Waals surface area contributed by atoms with Crippen molar-refractivity contribution >= 4 is 33.0 Å². The Kier molecular flexibility index (Phi) is 5.62. The number of carbonyl (C=O) groups excluding carboxylic acids is 1. The first-order valence-electron chi connectivity index (χ1n) is 9.73. The largest absolute Gasteiger partial charge is 0.322 e. The van der Waals surface area contributed by atoms with Gasteiger partial charge in [-0.25, -0.2) is 12.8 Å². The summed E-state index contributed by atoms with van der Waals surface area (Å²) in [7, 11) is -3.93. The minimum Gasteiger partial charge on any atom is -0.322 e. The molecule has 0 aliphatic carbocycles. The fourth-order valence-electron chi connectivity index (χ4n) is 3.57. The van der Waals surface area contributed by atoms with Crippen molar-refractivity contribution < 1.29 is 22.5 Å². The average Bonchev–Trinajstić information content (AvgIpc) is 2.79. The van der Waals surface area contributed by atoms with Crippen LogP contribution >= 0.6 is 0 Å². The lowest BCUT2D eigenvalue weighted by molar-refractivity contribution is -0.384. The molecule has 3 aromatic carbocycles. The summed E-state index contributed by atoms with van der Waals surface area (Å²) in [6.07, 6.45) is 1.29. The zero-order chi connectivity index (χ0) is 22.9. The predicted octanol–water partition coefficient (Wildman–Crippen LogP) is 4.13. The number of nitro groups is 1. The van der Waals surface area contributed by atoms with Gasteiger partial charge in [0.05, 0.1) is 15.5 Å². The van der Waals surface area contributed by atoms with Crippen LogP contribution in [0.3, 0.4) is 0 Å². The molecule has 0 spiro atoms. The number of hydrogen-bond donors (Lipinski definition) is 1. The minimum absolute atomic E-state index is 0.0298. The van der Waals surface area contributed by atoms with Crippen molar-refractivity contribution in [2.45, 2.75) is 17.7 Å². The first-order valence-corrected chi connectivity index (χ1v) is 11.2. The average molecular weight is 455 g/mol. The summed E-state index contributed by atoms with van der Waals surface area (Å²) in [5.41, 5.74) is 1.47. The van der Waals surface area contributed by atoms with Crippen LogP contribution in [0.2, 0.25) is 0 Å². The maximum absolute atomic E-state index is 13.3. The number of fused-ring (bicyclic) bond motifs is 1. The number of sulfonamides is 1. The quantitative estimate of drug-likeness (QED) is 0.460. The van der Waals surface area contributed by atoms with Crippen LogP contribution in [-0.2, 0) is 16.4 Å². The predicted molar refractivity (Wildman–Crippen MR) is 117 cm³/mol. The monoisotopic (exact) mass is 455 g/mol. The SMILES string of the molecule is O=C(Nc1ccc2c(c1)N(S(=O)(=O)c1ccc(F)cc1)CCC2)c1cccc([N+](=O)[O-])c1. The van der Waals surface area contributed by atoms with Gasteiger partial charge < -0.3 is 5.32 Å². The Bertz CT molecular complexity index is 1310. The second kappa shape index (κ2) is 8.39. The highest BCUT2D eigenvalue weighted by Crippen LogP contribution is 2.34. The number of anilines is 2. The molecule has 8 nitrogen and oxygen atoms in total. The number of nitro benzene ring substituents is 1. The van der Waals surface area contributed by atoms with Crippen LogP contribution < -0.4 is 9.62 Å². The molecule has 0 saturated heterocycles. The van der Waals surface area contributed by atoms with Crippen LogP contribution in [0.15, 0.2) is 71.6 Å². The third-order valence-corrected chi connectivity index (χ3v) is 6.97. The van der Waals surface area contributed by atoms with E-state index >= 15 is 0 Å². The number of nitrogens with one attached hydrogen (secondary N) is 1. The van der Waals surface area contributed by atoms with Crippen molar-refractivity contribution in [3.8, 4) is 0 Å². The first-order chi connectivity index (χ1) is 15.3. The molecule has 0 unspecified atom stereocenters. The number of nitrogens with zero attached hydrogens (tertiary/aromatic N) is 2. The van der Waals surface area contributed by atoms with Crippen molar-refractivity contribution in [3.05, 3.63) is 93.8 Å². The Morgan fingerprint density at radius 3 is 2.53 bits per heavy atom. The van der Waals surface area contributed by atoms with Gasteiger partial charge in [-0.15, -0.1) is 0 Å². The van der Waals surface area contributed by atoms with E-state index in [9.17, 15) is 27.7 Å². The lowest BCUT2D eigenvalue weighted by Crippen LogP contribution is -2.35. The summed E-state index contributed by atoms with van der Waals surface area (Å²) in [6, 6.07) is 14.9. The first kappa shape index (κ1) is 21.4. The summed E-state index contributed by atoms with van der Waals surface area (Å²) in [6.45, 7) is 0.245. The minimum atomic E-state index is -3.93. The van der Waals surface area contributed by atoms with Crippen LogP contribution in [0.25, 0.3) is 0 Å². The molecule has 0 saturated carbocycles. The lowest BCUT2D eigenvalue weighted by atomic mass is 10.0. The number of amides is 1. The fourth-order valence-corrected chi connectivity index (χ4v) is 5.10. The molecule has 1 amide bonds. The normalized spacial score (nSPS) is 13.3. The van der Waals surface area contributed by atoms with E-state index in [0.29, 0.717) is 24.2 Å². The van der Waals surface area contributed by atoms with Gasteiger partial charge in [0.2, 0.25) is 0 Å². The molecule has 1 aliphatic heterocycles. The van der Waals surface area contributed by atoms with Gasteiger partial charge in [-0.05, 0) is 60.9 Å². The zero-order valence-electron chi connectivity index (χ0n) is 16.7. The summed E-state index contributed by atoms with van der Waals surface area (Å²) >= 11 is 0. The van der Waals surface area contributed by atoms with Crippen molar-refractivity contribution in [3.63, 3.8) is 0 Å². The van der Waals surface area contributed by atoms with E-state index in [-0.39, 0.29) is 22.7 Å². The summed E-state index contributed by atoms with van der Waals surface area (Å²) < 4.78 is 40.8. The maximum atomic E-state index is 13.3. The number of halogens is 1. The Labute approximate surface area is 183 Å². The number of rotatable bonds is 5. The van der Waals surface area contributed by atoms with E-state index in [1.807, 2.05) is 0 Å². The van der Waals surface area contributed by atoms with Gasteiger partial charge in [0.15, 0.2) is 0 Å². The highest BCUT2D eigenvalue weighted by molar-refractivity contribution is 7.92. The third kappa shape index (κ3) is 4.17.